The molecular formula is C20H14N2O3. The number of rotatable bonds is 2. The highest BCUT2D eigenvalue weighted by atomic mass is 16.4. The monoisotopic (exact) mass is 330 g/mol. The van der Waals surface area contributed by atoms with E-state index >= 15 is 0 Å². The predicted octanol–water partition coefficient (Wildman–Crippen LogP) is 3.90. The number of aromatic nitrogens is 1. The van der Waals surface area contributed by atoms with Crippen LogP contribution in [0.1, 0.15) is 15.9 Å². The molecule has 4 rings (SSSR count). The topological polar surface area (TPSA) is 72.2 Å². The van der Waals surface area contributed by atoms with Crippen LogP contribution in [0.25, 0.3) is 21.9 Å². The molecule has 0 radical (unpaired) electrons. The van der Waals surface area contributed by atoms with E-state index in [-0.39, 0.29) is 5.56 Å². The van der Waals surface area contributed by atoms with Gasteiger partial charge in [0.05, 0.1) is 17.4 Å². The second kappa shape index (κ2) is 5.87. The minimum absolute atomic E-state index is 0.0359. The van der Waals surface area contributed by atoms with Crippen molar-refractivity contribution in [1.29, 1.82) is 0 Å². The number of hydrogen-bond donors (Lipinski definition) is 1. The molecular weight excluding hydrogens is 316 g/mol. The van der Waals surface area contributed by atoms with Crippen LogP contribution in [0.2, 0.25) is 0 Å². The van der Waals surface area contributed by atoms with Gasteiger partial charge in [-0.3, -0.25) is 9.78 Å². The number of carbonyl (C=O) groups is 1. The van der Waals surface area contributed by atoms with Crippen molar-refractivity contribution >= 4 is 33.5 Å². The number of nitrogens with zero attached hydrogens (tertiary/aromatic N) is 1. The van der Waals surface area contributed by atoms with E-state index in [1.807, 2.05) is 49.4 Å². The van der Waals surface area contributed by atoms with Gasteiger partial charge in [0, 0.05) is 10.8 Å². The largest absolute Gasteiger partial charge is 0.422 e. The maximum atomic E-state index is 12.5. The third-order valence-corrected chi connectivity index (χ3v) is 3.98. The molecule has 0 bridgehead atoms. The van der Waals surface area contributed by atoms with E-state index in [1.54, 1.807) is 18.3 Å². The highest BCUT2D eigenvalue weighted by Gasteiger charge is 2.14. The van der Waals surface area contributed by atoms with Crippen LogP contribution in [0.3, 0.4) is 0 Å². The summed E-state index contributed by atoms with van der Waals surface area (Å²) in [4.78, 5) is 28.9. The number of anilines is 1. The minimum atomic E-state index is -0.664. The SMILES string of the molecule is Cc1ccc2oc(=O)c(C(=O)Nc3cnc4ccccc4c3)cc2c1. The molecule has 5 heteroatoms. The number of amides is 1. The Bertz CT molecular complexity index is 1180. The minimum Gasteiger partial charge on any atom is -0.422 e. The zero-order valence-electron chi connectivity index (χ0n) is 13.4. The lowest BCUT2D eigenvalue weighted by atomic mass is 10.1. The number of hydrogen-bond acceptors (Lipinski definition) is 4. The number of para-hydroxylation sites is 1. The fourth-order valence-corrected chi connectivity index (χ4v) is 2.74. The number of pyridine rings is 1. The second-order valence-corrected chi connectivity index (χ2v) is 5.86. The Balaban J connectivity index is 1.71. The third kappa shape index (κ3) is 2.87. The van der Waals surface area contributed by atoms with Crippen molar-refractivity contribution in [2.75, 3.05) is 5.32 Å². The Labute approximate surface area is 142 Å². The lowest BCUT2D eigenvalue weighted by molar-refractivity contribution is 0.102. The van der Waals surface area contributed by atoms with Gasteiger partial charge in [0.1, 0.15) is 11.1 Å². The summed E-state index contributed by atoms with van der Waals surface area (Å²) in [5, 5.41) is 4.32. The molecule has 0 atom stereocenters. The fourth-order valence-electron chi connectivity index (χ4n) is 2.74. The van der Waals surface area contributed by atoms with E-state index in [2.05, 4.69) is 10.3 Å². The van der Waals surface area contributed by atoms with Gasteiger partial charge in [-0.15, -0.1) is 0 Å². The summed E-state index contributed by atoms with van der Waals surface area (Å²) in [6.45, 7) is 1.94. The molecule has 0 spiro atoms. The molecule has 1 N–H and O–H groups in total. The molecule has 4 aromatic rings. The quantitative estimate of drug-likeness (QED) is 0.566. The summed E-state index contributed by atoms with van der Waals surface area (Å²) in [5.41, 5.74) is 2.13. The fraction of sp³-hybridized carbons (Fsp3) is 0.0500. The van der Waals surface area contributed by atoms with Crippen molar-refractivity contribution in [2.45, 2.75) is 6.92 Å². The summed E-state index contributed by atoms with van der Waals surface area (Å²) in [6, 6.07) is 16.4. The summed E-state index contributed by atoms with van der Waals surface area (Å²) >= 11 is 0. The van der Waals surface area contributed by atoms with Crippen LogP contribution < -0.4 is 10.9 Å². The number of carbonyl (C=O) groups excluding carboxylic acids is 1. The van der Waals surface area contributed by atoms with Gasteiger partial charge in [-0.05, 0) is 37.3 Å². The molecule has 0 aliphatic carbocycles. The average Bonchev–Trinajstić information content (AvgIpc) is 2.61. The van der Waals surface area contributed by atoms with Gasteiger partial charge in [0.2, 0.25) is 0 Å². The third-order valence-electron chi connectivity index (χ3n) is 3.98. The molecule has 122 valence electrons. The molecule has 1 amide bonds. The molecule has 25 heavy (non-hydrogen) atoms. The van der Waals surface area contributed by atoms with Crippen molar-refractivity contribution in [2.24, 2.45) is 0 Å². The van der Waals surface area contributed by atoms with E-state index in [4.69, 9.17) is 4.42 Å². The van der Waals surface area contributed by atoms with Gasteiger partial charge in [0.25, 0.3) is 5.91 Å². The summed E-state index contributed by atoms with van der Waals surface area (Å²) in [7, 11) is 0. The van der Waals surface area contributed by atoms with Crippen molar-refractivity contribution in [3.05, 3.63) is 82.3 Å². The normalized spacial score (nSPS) is 10.9. The van der Waals surface area contributed by atoms with Crippen molar-refractivity contribution in [3.8, 4) is 0 Å². The van der Waals surface area contributed by atoms with Gasteiger partial charge >= 0.3 is 5.63 Å². The van der Waals surface area contributed by atoms with E-state index in [0.29, 0.717) is 16.7 Å². The lowest BCUT2D eigenvalue weighted by Gasteiger charge is -2.06. The molecule has 0 unspecified atom stereocenters. The highest BCUT2D eigenvalue weighted by Crippen LogP contribution is 2.18. The number of aryl methyl sites for hydroxylation is 1. The van der Waals surface area contributed by atoms with Crippen LogP contribution in [0.4, 0.5) is 5.69 Å². The Hall–Kier alpha value is -3.47. The van der Waals surface area contributed by atoms with E-state index in [9.17, 15) is 9.59 Å². The van der Waals surface area contributed by atoms with Crippen LogP contribution in [0.5, 0.6) is 0 Å². The molecule has 0 fully saturated rings. The smallest absolute Gasteiger partial charge is 0.349 e. The maximum Gasteiger partial charge on any atom is 0.349 e. The molecule has 0 aliphatic heterocycles. The summed E-state index contributed by atoms with van der Waals surface area (Å²) < 4.78 is 5.24. The molecule has 0 aliphatic rings. The standard InChI is InChI=1S/C20H14N2O3/c1-12-6-7-18-14(8-12)10-16(20(24)25-18)19(23)22-15-9-13-4-2-3-5-17(13)21-11-15/h2-11H,1H3,(H,22,23). The van der Waals surface area contributed by atoms with Crippen LogP contribution >= 0.6 is 0 Å². The van der Waals surface area contributed by atoms with Gasteiger partial charge in [-0.2, -0.15) is 0 Å². The van der Waals surface area contributed by atoms with Crippen LogP contribution in [-0.2, 0) is 0 Å². The van der Waals surface area contributed by atoms with Gasteiger partial charge in [0.15, 0.2) is 0 Å². The number of nitrogens with one attached hydrogen (secondary N) is 1. The Kier molecular flexibility index (Phi) is 3.54. The van der Waals surface area contributed by atoms with E-state index < -0.39 is 11.5 Å². The zero-order valence-corrected chi connectivity index (χ0v) is 13.4. The first-order chi connectivity index (χ1) is 12.1. The Morgan fingerprint density at radius 3 is 2.76 bits per heavy atom. The Morgan fingerprint density at radius 1 is 1.04 bits per heavy atom. The van der Waals surface area contributed by atoms with Crippen LogP contribution in [0, 0.1) is 6.92 Å². The average molecular weight is 330 g/mol. The zero-order chi connectivity index (χ0) is 17.4. The molecule has 0 saturated carbocycles. The summed E-state index contributed by atoms with van der Waals surface area (Å²) in [6.07, 6.45) is 1.56. The van der Waals surface area contributed by atoms with Gasteiger partial charge in [-0.1, -0.05) is 29.8 Å². The molecule has 0 saturated heterocycles. The lowest BCUT2D eigenvalue weighted by Crippen LogP contribution is -2.20. The van der Waals surface area contributed by atoms with Crippen molar-refractivity contribution in [3.63, 3.8) is 0 Å². The highest BCUT2D eigenvalue weighted by molar-refractivity contribution is 6.06. The van der Waals surface area contributed by atoms with E-state index in [0.717, 1.165) is 16.5 Å². The van der Waals surface area contributed by atoms with Crippen LogP contribution in [-0.4, -0.2) is 10.9 Å². The van der Waals surface area contributed by atoms with Gasteiger partial charge < -0.3 is 9.73 Å². The van der Waals surface area contributed by atoms with Crippen LogP contribution in [0.15, 0.2) is 70.0 Å². The summed E-state index contributed by atoms with van der Waals surface area (Å²) in [5.74, 6) is -0.519. The second-order valence-electron chi connectivity index (χ2n) is 5.86. The molecule has 2 aromatic heterocycles. The first-order valence-corrected chi connectivity index (χ1v) is 7.81. The Morgan fingerprint density at radius 2 is 1.88 bits per heavy atom. The maximum absolute atomic E-state index is 12.5. The molecule has 2 aromatic carbocycles. The van der Waals surface area contributed by atoms with Crippen molar-refractivity contribution in [1.82, 2.24) is 4.98 Å². The van der Waals surface area contributed by atoms with Crippen molar-refractivity contribution < 1.29 is 9.21 Å². The van der Waals surface area contributed by atoms with E-state index in [1.165, 1.54) is 0 Å². The number of fused-ring (bicyclic) bond motifs is 2. The first-order valence-electron chi connectivity index (χ1n) is 7.81. The first kappa shape index (κ1) is 15.1. The molecule has 5 nitrogen and oxygen atoms in total. The predicted molar refractivity (Wildman–Crippen MR) is 96.9 cm³/mol. The van der Waals surface area contributed by atoms with Gasteiger partial charge in [-0.25, -0.2) is 4.79 Å². The molecule has 2 heterocycles. The number of benzene rings is 2.